The Balaban J connectivity index is 3.01. The molecule has 0 aliphatic rings. The number of halogens is 3. The van der Waals surface area contributed by atoms with Crippen molar-refractivity contribution >= 4 is 0 Å². The van der Waals surface area contributed by atoms with Gasteiger partial charge in [0.1, 0.15) is 0 Å². The van der Waals surface area contributed by atoms with Crippen molar-refractivity contribution in [3.8, 4) is 0 Å². The first-order chi connectivity index (χ1) is 9.31. The Hall–Kier alpha value is -1.11. The third kappa shape index (κ3) is 4.19. The van der Waals surface area contributed by atoms with Gasteiger partial charge in [0.15, 0.2) is 0 Å². The van der Waals surface area contributed by atoms with Gasteiger partial charge in [0.05, 0.1) is 12.2 Å². The fraction of sp³-hybridized carbons (Fsp3) is 0.571. The fourth-order valence-electron chi connectivity index (χ4n) is 2.13. The maximum Gasteiger partial charge on any atom is 0.416 e. The Labute approximate surface area is 117 Å². The molecule has 2 atom stereocenters. The van der Waals surface area contributed by atoms with Gasteiger partial charge in [-0.05, 0) is 31.7 Å². The number of rotatable bonds is 6. The van der Waals surface area contributed by atoms with Crippen LogP contribution in [0, 0.1) is 0 Å². The van der Waals surface area contributed by atoms with Gasteiger partial charge < -0.3 is 10.5 Å². The molecule has 20 heavy (non-hydrogen) atoms. The molecule has 0 heterocycles. The highest BCUT2D eigenvalue weighted by atomic mass is 19.4. The lowest BCUT2D eigenvalue weighted by Gasteiger charge is -2.32. The summed E-state index contributed by atoms with van der Waals surface area (Å²) in [4.78, 5) is 1.93. The van der Waals surface area contributed by atoms with Gasteiger partial charge in [0.2, 0.25) is 0 Å². The van der Waals surface area contributed by atoms with Crippen molar-refractivity contribution in [2.24, 2.45) is 5.73 Å². The molecule has 1 rings (SSSR count). The SMILES string of the molecule is COCC(C)N(C)C(CN)c1cccc(C(F)(F)F)c1. The van der Waals surface area contributed by atoms with E-state index in [-0.39, 0.29) is 18.6 Å². The van der Waals surface area contributed by atoms with Gasteiger partial charge in [-0.2, -0.15) is 13.2 Å². The summed E-state index contributed by atoms with van der Waals surface area (Å²) in [5.74, 6) is 0. The average molecular weight is 290 g/mol. The van der Waals surface area contributed by atoms with E-state index in [1.165, 1.54) is 6.07 Å². The zero-order valence-electron chi connectivity index (χ0n) is 11.9. The Morgan fingerprint density at radius 2 is 2.00 bits per heavy atom. The molecule has 0 bridgehead atoms. The summed E-state index contributed by atoms with van der Waals surface area (Å²) in [6.07, 6.45) is -4.34. The van der Waals surface area contributed by atoms with Crippen LogP contribution in [0.15, 0.2) is 24.3 Å². The third-order valence-electron chi connectivity index (χ3n) is 3.42. The summed E-state index contributed by atoms with van der Waals surface area (Å²) in [6.45, 7) is 2.68. The molecule has 1 aromatic carbocycles. The van der Waals surface area contributed by atoms with Crippen LogP contribution in [-0.4, -0.2) is 38.3 Å². The van der Waals surface area contributed by atoms with E-state index >= 15 is 0 Å². The lowest BCUT2D eigenvalue weighted by molar-refractivity contribution is -0.137. The predicted octanol–water partition coefficient (Wildman–Crippen LogP) is 2.67. The van der Waals surface area contributed by atoms with Crippen molar-refractivity contribution in [1.82, 2.24) is 4.90 Å². The number of nitrogens with zero attached hydrogens (tertiary/aromatic N) is 1. The fourth-order valence-corrected chi connectivity index (χ4v) is 2.13. The van der Waals surface area contributed by atoms with Gasteiger partial charge in [0.25, 0.3) is 0 Å². The number of hydrogen-bond donors (Lipinski definition) is 1. The second-order valence-corrected chi connectivity index (χ2v) is 4.84. The molecule has 114 valence electrons. The van der Waals surface area contributed by atoms with E-state index in [2.05, 4.69) is 0 Å². The van der Waals surface area contributed by atoms with Crippen LogP contribution in [0.2, 0.25) is 0 Å². The molecule has 0 saturated carbocycles. The first-order valence-electron chi connectivity index (χ1n) is 6.39. The molecule has 2 unspecified atom stereocenters. The minimum atomic E-state index is -4.34. The minimum absolute atomic E-state index is 0.0584. The van der Waals surface area contributed by atoms with Crippen LogP contribution in [0.3, 0.4) is 0 Å². The molecule has 0 aromatic heterocycles. The Morgan fingerprint density at radius 1 is 1.35 bits per heavy atom. The van der Waals surface area contributed by atoms with Crippen LogP contribution >= 0.6 is 0 Å². The van der Waals surface area contributed by atoms with Crippen LogP contribution in [-0.2, 0) is 10.9 Å². The van der Waals surface area contributed by atoms with E-state index in [1.54, 1.807) is 13.2 Å². The van der Waals surface area contributed by atoms with Crippen molar-refractivity contribution in [2.45, 2.75) is 25.2 Å². The number of alkyl halides is 3. The summed E-state index contributed by atoms with van der Waals surface area (Å²) in [6, 6.07) is 5.09. The van der Waals surface area contributed by atoms with Crippen molar-refractivity contribution < 1.29 is 17.9 Å². The normalized spacial score (nSPS) is 15.4. The lowest BCUT2D eigenvalue weighted by atomic mass is 10.0. The Bertz CT molecular complexity index is 423. The van der Waals surface area contributed by atoms with Gasteiger partial charge in [-0.1, -0.05) is 12.1 Å². The number of benzene rings is 1. The molecule has 0 fully saturated rings. The molecule has 0 saturated heterocycles. The highest BCUT2D eigenvalue weighted by Gasteiger charge is 2.31. The highest BCUT2D eigenvalue weighted by molar-refractivity contribution is 5.28. The zero-order valence-corrected chi connectivity index (χ0v) is 11.9. The van der Waals surface area contributed by atoms with Gasteiger partial charge in [0, 0.05) is 25.7 Å². The number of ether oxygens (including phenoxy) is 1. The number of likely N-dealkylation sites (N-methyl/N-ethyl adjacent to an activating group) is 1. The van der Waals surface area contributed by atoms with Gasteiger partial charge >= 0.3 is 6.18 Å². The van der Waals surface area contributed by atoms with Gasteiger partial charge in [-0.3, -0.25) is 4.90 Å². The van der Waals surface area contributed by atoms with Crippen LogP contribution < -0.4 is 5.73 Å². The average Bonchev–Trinajstić information content (AvgIpc) is 2.39. The van der Waals surface area contributed by atoms with E-state index in [9.17, 15) is 13.2 Å². The summed E-state index contributed by atoms with van der Waals surface area (Å²) in [7, 11) is 3.42. The third-order valence-corrected chi connectivity index (χ3v) is 3.42. The monoisotopic (exact) mass is 290 g/mol. The summed E-state index contributed by atoms with van der Waals surface area (Å²) < 4.78 is 43.3. The van der Waals surface area contributed by atoms with E-state index < -0.39 is 11.7 Å². The van der Waals surface area contributed by atoms with E-state index in [4.69, 9.17) is 10.5 Å². The van der Waals surface area contributed by atoms with Gasteiger partial charge in [-0.25, -0.2) is 0 Å². The van der Waals surface area contributed by atoms with Crippen LogP contribution in [0.4, 0.5) is 13.2 Å². The lowest BCUT2D eigenvalue weighted by Crippen LogP contribution is -2.39. The maximum atomic E-state index is 12.8. The molecule has 6 heteroatoms. The Morgan fingerprint density at radius 3 is 2.50 bits per heavy atom. The second-order valence-electron chi connectivity index (χ2n) is 4.84. The van der Waals surface area contributed by atoms with E-state index in [0.29, 0.717) is 12.2 Å². The quantitative estimate of drug-likeness (QED) is 0.875. The van der Waals surface area contributed by atoms with Gasteiger partial charge in [-0.15, -0.1) is 0 Å². The summed E-state index contributed by atoms with van der Waals surface area (Å²) in [5.41, 5.74) is 5.65. The molecule has 3 nitrogen and oxygen atoms in total. The largest absolute Gasteiger partial charge is 0.416 e. The van der Waals surface area contributed by atoms with Crippen LogP contribution in [0.5, 0.6) is 0 Å². The standard InChI is InChI=1S/C14H21F3N2O/c1-10(9-20-3)19(2)13(8-18)11-5-4-6-12(7-11)14(15,16)17/h4-7,10,13H,8-9,18H2,1-3H3. The molecule has 2 N–H and O–H groups in total. The zero-order chi connectivity index (χ0) is 15.3. The highest BCUT2D eigenvalue weighted by Crippen LogP contribution is 2.31. The molecule has 0 radical (unpaired) electrons. The molecule has 0 spiro atoms. The number of methoxy groups -OCH3 is 1. The first-order valence-corrected chi connectivity index (χ1v) is 6.39. The maximum absolute atomic E-state index is 12.8. The van der Waals surface area contributed by atoms with Crippen molar-refractivity contribution in [3.05, 3.63) is 35.4 Å². The van der Waals surface area contributed by atoms with E-state index in [0.717, 1.165) is 12.1 Å². The minimum Gasteiger partial charge on any atom is -0.383 e. The second kappa shape index (κ2) is 7.06. The molecule has 0 amide bonds. The molecular weight excluding hydrogens is 269 g/mol. The van der Waals surface area contributed by atoms with Crippen LogP contribution in [0.1, 0.15) is 24.1 Å². The van der Waals surface area contributed by atoms with E-state index in [1.807, 2.05) is 18.9 Å². The van der Waals surface area contributed by atoms with Crippen LogP contribution in [0.25, 0.3) is 0 Å². The summed E-state index contributed by atoms with van der Waals surface area (Å²) in [5, 5.41) is 0. The molecule has 0 aliphatic heterocycles. The molecule has 0 aliphatic carbocycles. The number of nitrogens with two attached hydrogens (primary N) is 1. The van der Waals surface area contributed by atoms with Crippen molar-refractivity contribution in [3.63, 3.8) is 0 Å². The molecular formula is C14H21F3N2O. The van der Waals surface area contributed by atoms with Crippen molar-refractivity contribution in [2.75, 3.05) is 27.3 Å². The summed E-state index contributed by atoms with van der Waals surface area (Å²) >= 11 is 0. The smallest absolute Gasteiger partial charge is 0.383 e. The molecule has 1 aromatic rings. The number of hydrogen-bond acceptors (Lipinski definition) is 3. The first kappa shape index (κ1) is 16.9. The topological polar surface area (TPSA) is 38.5 Å². The van der Waals surface area contributed by atoms with Crippen molar-refractivity contribution in [1.29, 1.82) is 0 Å². The Kier molecular flexibility index (Phi) is 5.98. The predicted molar refractivity (Wildman–Crippen MR) is 72.3 cm³/mol.